The third kappa shape index (κ3) is 5.96. The number of rotatable bonds is 8. The zero-order chi connectivity index (χ0) is 25.0. The number of carbonyl (C=O) groups is 1. The number of methoxy groups -OCH3 is 1. The summed E-state index contributed by atoms with van der Waals surface area (Å²) >= 11 is 6.60. The number of anilines is 1. The number of benzene rings is 1. The van der Waals surface area contributed by atoms with Gasteiger partial charge in [-0.05, 0) is 44.7 Å². The quantitative estimate of drug-likeness (QED) is 0.522. The van der Waals surface area contributed by atoms with E-state index in [9.17, 15) is 18.0 Å². The van der Waals surface area contributed by atoms with Crippen molar-refractivity contribution >= 4 is 23.2 Å². The molecule has 0 saturated carbocycles. The maximum Gasteiger partial charge on any atom is 0.408 e. The number of halogens is 4. The fraction of sp³-hybridized carbons (Fsp3) is 0.565. The van der Waals surface area contributed by atoms with Crippen molar-refractivity contribution in [3.63, 3.8) is 0 Å². The van der Waals surface area contributed by atoms with E-state index in [1.54, 1.807) is 10.7 Å². The van der Waals surface area contributed by atoms with Crippen molar-refractivity contribution in [2.24, 2.45) is 5.92 Å². The van der Waals surface area contributed by atoms with E-state index >= 15 is 0 Å². The molecule has 1 aromatic carbocycles. The van der Waals surface area contributed by atoms with Gasteiger partial charge in [-0.25, -0.2) is 0 Å². The zero-order valence-corrected chi connectivity index (χ0v) is 20.4. The molecule has 1 aliphatic rings. The molecule has 2 N–H and O–H groups in total. The average Bonchev–Trinajstić information content (AvgIpc) is 3.13. The highest BCUT2D eigenvalue weighted by atomic mass is 35.5. The molecular weight excluding hydrogens is 473 g/mol. The molecule has 1 fully saturated rings. The molecule has 34 heavy (non-hydrogen) atoms. The predicted molar refractivity (Wildman–Crippen MR) is 125 cm³/mol. The van der Waals surface area contributed by atoms with Gasteiger partial charge in [0.2, 0.25) is 0 Å². The molecule has 0 radical (unpaired) electrons. The summed E-state index contributed by atoms with van der Waals surface area (Å²) in [6.07, 6.45) is -2.53. The summed E-state index contributed by atoms with van der Waals surface area (Å²) < 4.78 is 51.5. The molecule has 3 atom stereocenters. The number of aromatic nitrogens is 2. The lowest BCUT2D eigenvalue weighted by Crippen LogP contribution is -2.37. The van der Waals surface area contributed by atoms with Gasteiger partial charge in [-0.2, -0.15) is 18.3 Å². The molecule has 7 nitrogen and oxygen atoms in total. The summed E-state index contributed by atoms with van der Waals surface area (Å²) in [5, 5.41) is 9.77. The van der Waals surface area contributed by atoms with Gasteiger partial charge in [0.05, 0.1) is 23.9 Å². The standard InChI is InChI=1S/C23H30ClF3N4O3/c1-5-31-21(17-9-7-15(10-18(17)33-4)29-14(3)23(25,26)27)19(24)20(30-31)22(32)28-11-16-8-6-13(2)12-34-16/h7,9-10,13-14,16,29H,5-6,8,11-12H2,1-4H3,(H,28,32)/t13-,14-,16-/m1/s1. The summed E-state index contributed by atoms with van der Waals surface area (Å²) in [4.78, 5) is 12.8. The van der Waals surface area contributed by atoms with Crippen molar-refractivity contribution in [3.05, 3.63) is 28.9 Å². The van der Waals surface area contributed by atoms with Crippen LogP contribution in [0.1, 0.15) is 44.1 Å². The molecule has 0 bridgehead atoms. The Balaban J connectivity index is 1.83. The summed E-state index contributed by atoms with van der Waals surface area (Å²) in [5.41, 5.74) is 1.27. The van der Waals surface area contributed by atoms with Gasteiger partial charge in [0.25, 0.3) is 5.91 Å². The second-order valence-electron chi connectivity index (χ2n) is 8.50. The monoisotopic (exact) mass is 502 g/mol. The molecular formula is C23H30ClF3N4O3. The molecule has 188 valence electrons. The highest BCUT2D eigenvalue weighted by molar-refractivity contribution is 6.36. The van der Waals surface area contributed by atoms with Crippen LogP contribution in [-0.4, -0.2) is 54.3 Å². The van der Waals surface area contributed by atoms with Crippen molar-refractivity contribution in [1.29, 1.82) is 0 Å². The fourth-order valence-electron chi connectivity index (χ4n) is 3.77. The molecule has 2 heterocycles. The highest BCUT2D eigenvalue weighted by Gasteiger charge is 2.36. The minimum atomic E-state index is -4.39. The lowest BCUT2D eigenvalue weighted by atomic mass is 10.0. The van der Waals surface area contributed by atoms with E-state index in [4.69, 9.17) is 21.1 Å². The number of hydrogen-bond donors (Lipinski definition) is 2. The van der Waals surface area contributed by atoms with E-state index in [-0.39, 0.29) is 22.5 Å². The number of ether oxygens (including phenoxy) is 2. The topological polar surface area (TPSA) is 77.4 Å². The van der Waals surface area contributed by atoms with Gasteiger partial charge in [-0.15, -0.1) is 0 Å². The first-order valence-corrected chi connectivity index (χ1v) is 11.6. The Morgan fingerprint density at radius 3 is 2.71 bits per heavy atom. The molecule has 1 aromatic heterocycles. The van der Waals surface area contributed by atoms with Crippen LogP contribution in [0.5, 0.6) is 5.75 Å². The minimum absolute atomic E-state index is 0.0501. The summed E-state index contributed by atoms with van der Waals surface area (Å²) in [7, 11) is 1.41. The Hall–Kier alpha value is -2.46. The smallest absolute Gasteiger partial charge is 0.408 e. The van der Waals surface area contributed by atoms with Crippen LogP contribution >= 0.6 is 11.6 Å². The van der Waals surface area contributed by atoms with E-state index in [0.29, 0.717) is 42.6 Å². The maximum absolute atomic E-state index is 12.9. The zero-order valence-electron chi connectivity index (χ0n) is 19.6. The van der Waals surface area contributed by atoms with Gasteiger partial charge in [0.15, 0.2) is 5.69 Å². The summed E-state index contributed by atoms with van der Waals surface area (Å²) in [6, 6.07) is 2.82. The Labute approximate surface area is 201 Å². The van der Waals surface area contributed by atoms with Gasteiger partial charge >= 0.3 is 6.18 Å². The largest absolute Gasteiger partial charge is 0.496 e. The molecule has 11 heteroatoms. The van der Waals surface area contributed by atoms with Crippen LogP contribution in [0.2, 0.25) is 5.02 Å². The van der Waals surface area contributed by atoms with E-state index in [0.717, 1.165) is 19.8 Å². The Morgan fingerprint density at radius 1 is 1.38 bits per heavy atom. The number of nitrogens with zero attached hydrogens (tertiary/aromatic N) is 2. The first kappa shape index (κ1) is 26.2. The lowest BCUT2D eigenvalue weighted by Gasteiger charge is -2.26. The number of hydrogen-bond acceptors (Lipinski definition) is 5. The highest BCUT2D eigenvalue weighted by Crippen LogP contribution is 2.38. The van der Waals surface area contributed by atoms with Crippen LogP contribution in [0.3, 0.4) is 0 Å². The summed E-state index contributed by atoms with van der Waals surface area (Å²) in [5.74, 6) is 0.391. The Bertz CT molecular complexity index is 1000. The SMILES string of the molecule is CCn1nc(C(=O)NC[C@H]2CC[C@@H](C)CO2)c(Cl)c1-c1ccc(N[C@H](C)C(F)(F)F)cc1OC. The number of amides is 1. The van der Waals surface area contributed by atoms with Crippen molar-refractivity contribution in [1.82, 2.24) is 15.1 Å². The molecule has 0 unspecified atom stereocenters. The number of alkyl halides is 3. The van der Waals surface area contributed by atoms with Crippen LogP contribution in [0.25, 0.3) is 11.3 Å². The van der Waals surface area contributed by atoms with Gasteiger partial charge in [0.1, 0.15) is 11.8 Å². The Kier molecular flexibility index (Phi) is 8.35. The van der Waals surface area contributed by atoms with Gasteiger partial charge in [-0.1, -0.05) is 18.5 Å². The first-order valence-electron chi connectivity index (χ1n) is 11.2. The van der Waals surface area contributed by atoms with Crippen LogP contribution in [0.15, 0.2) is 18.2 Å². The van der Waals surface area contributed by atoms with Crippen LogP contribution in [0.4, 0.5) is 18.9 Å². The molecule has 1 saturated heterocycles. The van der Waals surface area contributed by atoms with E-state index in [1.165, 1.54) is 19.2 Å². The van der Waals surface area contributed by atoms with Crippen LogP contribution in [0, 0.1) is 5.92 Å². The van der Waals surface area contributed by atoms with E-state index in [1.807, 2.05) is 6.92 Å². The van der Waals surface area contributed by atoms with Gasteiger partial charge < -0.3 is 20.1 Å². The number of nitrogens with one attached hydrogen (secondary N) is 2. The molecule has 1 aliphatic heterocycles. The number of aryl methyl sites for hydroxylation is 1. The average molecular weight is 503 g/mol. The van der Waals surface area contributed by atoms with Crippen LogP contribution < -0.4 is 15.4 Å². The van der Waals surface area contributed by atoms with Crippen molar-refractivity contribution in [2.75, 3.05) is 25.6 Å². The number of carbonyl (C=O) groups excluding carboxylic acids is 1. The van der Waals surface area contributed by atoms with Gasteiger partial charge in [-0.3, -0.25) is 9.48 Å². The summed E-state index contributed by atoms with van der Waals surface area (Å²) in [6.45, 7) is 6.45. The first-order chi connectivity index (χ1) is 16.0. The second-order valence-corrected chi connectivity index (χ2v) is 8.88. The minimum Gasteiger partial charge on any atom is -0.496 e. The van der Waals surface area contributed by atoms with Crippen molar-refractivity contribution in [3.8, 4) is 17.0 Å². The molecule has 0 spiro atoms. The fourth-order valence-corrected chi connectivity index (χ4v) is 4.09. The van der Waals surface area contributed by atoms with Crippen molar-refractivity contribution in [2.45, 2.75) is 58.5 Å². The predicted octanol–water partition coefficient (Wildman–Crippen LogP) is 5.14. The molecule has 3 rings (SSSR count). The second kappa shape index (κ2) is 10.9. The maximum atomic E-state index is 12.9. The lowest BCUT2D eigenvalue weighted by molar-refractivity contribution is -0.138. The third-order valence-corrected chi connectivity index (χ3v) is 6.19. The third-order valence-electron chi connectivity index (χ3n) is 5.83. The van der Waals surface area contributed by atoms with Crippen LogP contribution in [-0.2, 0) is 11.3 Å². The molecule has 0 aliphatic carbocycles. The Morgan fingerprint density at radius 2 is 2.12 bits per heavy atom. The van der Waals surface area contributed by atoms with E-state index < -0.39 is 18.1 Å². The van der Waals surface area contributed by atoms with Gasteiger partial charge in [0, 0.05) is 37.0 Å². The van der Waals surface area contributed by atoms with Crippen molar-refractivity contribution < 1.29 is 27.4 Å². The molecule has 1 amide bonds. The van der Waals surface area contributed by atoms with E-state index in [2.05, 4.69) is 22.7 Å². The molecule has 2 aromatic rings. The normalized spacial score (nSPS) is 19.5.